The van der Waals surface area contributed by atoms with E-state index in [0.29, 0.717) is 23.5 Å². The van der Waals surface area contributed by atoms with Gasteiger partial charge in [-0.05, 0) is 41.5 Å². The largest absolute Gasteiger partial charge is 0.477 e. The minimum Gasteiger partial charge on any atom is -0.477 e. The Morgan fingerprint density at radius 2 is 1.79 bits per heavy atom. The molecule has 1 aliphatic heterocycles. The van der Waals surface area contributed by atoms with Crippen LogP contribution in [0.15, 0.2) is 66.7 Å². The van der Waals surface area contributed by atoms with E-state index in [9.17, 15) is 9.59 Å². The molecule has 2 amide bonds. The van der Waals surface area contributed by atoms with Gasteiger partial charge in [0.05, 0.1) is 12.2 Å². The summed E-state index contributed by atoms with van der Waals surface area (Å²) in [6, 6.07) is 20.9. The molecule has 1 aliphatic rings. The number of anilines is 1. The molecule has 0 saturated carbocycles. The van der Waals surface area contributed by atoms with Crippen molar-refractivity contribution in [3.63, 3.8) is 0 Å². The lowest BCUT2D eigenvalue weighted by Gasteiger charge is -2.34. The van der Waals surface area contributed by atoms with Crippen LogP contribution in [-0.4, -0.2) is 31.0 Å². The van der Waals surface area contributed by atoms with Gasteiger partial charge in [-0.2, -0.15) is 0 Å². The molecule has 0 bridgehead atoms. The second kappa shape index (κ2) is 7.72. The summed E-state index contributed by atoms with van der Waals surface area (Å²) in [5.41, 5.74) is 1.27. The van der Waals surface area contributed by atoms with Crippen LogP contribution in [0.2, 0.25) is 0 Å². The van der Waals surface area contributed by atoms with E-state index in [2.05, 4.69) is 5.32 Å². The van der Waals surface area contributed by atoms with E-state index in [1.807, 2.05) is 67.6 Å². The number of rotatable bonds is 4. The van der Waals surface area contributed by atoms with Gasteiger partial charge in [0.25, 0.3) is 11.8 Å². The van der Waals surface area contributed by atoms with Crippen molar-refractivity contribution in [3.8, 4) is 5.75 Å². The number of fused-ring (bicyclic) bond motifs is 2. The van der Waals surface area contributed by atoms with Crippen LogP contribution in [-0.2, 0) is 4.79 Å². The Hall–Kier alpha value is -3.34. The van der Waals surface area contributed by atoms with E-state index in [4.69, 9.17) is 4.74 Å². The van der Waals surface area contributed by atoms with Crippen molar-refractivity contribution in [1.29, 1.82) is 0 Å². The Balaban J connectivity index is 1.67. The molecule has 5 heteroatoms. The van der Waals surface area contributed by atoms with Gasteiger partial charge in [-0.1, -0.05) is 49.4 Å². The number of carbonyl (C=O) groups is 2. The predicted molar refractivity (Wildman–Crippen MR) is 110 cm³/mol. The van der Waals surface area contributed by atoms with Crippen LogP contribution in [0.25, 0.3) is 10.8 Å². The van der Waals surface area contributed by atoms with Gasteiger partial charge in [-0.15, -0.1) is 0 Å². The Morgan fingerprint density at radius 1 is 1.04 bits per heavy atom. The van der Waals surface area contributed by atoms with Crippen molar-refractivity contribution in [2.45, 2.75) is 19.4 Å². The highest BCUT2D eigenvalue weighted by Crippen LogP contribution is 2.34. The molecular weight excluding hydrogens is 352 g/mol. The van der Waals surface area contributed by atoms with Crippen molar-refractivity contribution < 1.29 is 14.3 Å². The molecule has 0 aromatic heterocycles. The number of para-hydroxylation sites is 2. The van der Waals surface area contributed by atoms with Crippen LogP contribution >= 0.6 is 0 Å². The van der Waals surface area contributed by atoms with Crippen molar-refractivity contribution in [1.82, 2.24) is 5.32 Å². The average Bonchev–Trinajstić information content (AvgIpc) is 2.75. The second-order valence-corrected chi connectivity index (χ2v) is 6.84. The molecule has 3 aromatic rings. The van der Waals surface area contributed by atoms with E-state index in [1.165, 1.54) is 0 Å². The molecule has 4 rings (SSSR count). The molecule has 0 unspecified atom stereocenters. The van der Waals surface area contributed by atoms with Gasteiger partial charge < -0.3 is 15.0 Å². The molecule has 0 spiro atoms. The van der Waals surface area contributed by atoms with Crippen LogP contribution < -0.4 is 15.0 Å². The van der Waals surface area contributed by atoms with Gasteiger partial charge in [0.1, 0.15) is 5.75 Å². The van der Waals surface area contributed by atoms with Gasteiger partial charge >= 0.3 is 0 Å². The Kier molecular flexibility index (Phi) is 4.98. The maximum atomic E-state index is 13.3. The first-order valence-corrected chi connectivity index (χ1v) is 9.51. The molecule has 0 radical (unpaired) electrons. The smallest absolute Gasteiger partial charge is 0.262 e. The molecule has 0 aliphatic carbocycles. The van der Waals surface area contributed by atoms with E-state index in [1.54, 1.807) is 11.0 Å². The number of nitrogens with one attached hydrogen (secondary N) is 1. The van der Waals surface area contributed by atoms with Crippen molar-refractivity contribution >= 4 is 28.3 Å². The third-order valence-corrected chi connectivity index (χ3v) is 4.86. The summed E-state index contributed by atoms with van der Waals surface area (Å²) >= 11 is 0. The monoisotopic (exact) mass is 374 g/mol. The van der Waals surface area contributed by atoms with E-state index in [-0.39, 0.29) is 18.4 Å². The van der Waals surface area contributed by atoms with Crippen LogP contribution in [0.3, 0.4) is 0 Å². The maximum Gasteiger partial charge on any atom is 0.262 e. The number of nitrogens with zero attached hydrogens (tertiary/aromatic N) is 1. The number of hydrogen-bond acceptors (Lipinski definition) is 3. The molecule has 0 fully saturated rings. The van der Waals surface area contributed by atoms with E-state index < -0.39 is 6.10 Å². The number of ether oxygens (including phenoxy) is 1. The summed E-state index contributed by atoms with van der Waals surface area (Å²) in [4.78, 5) is 27.4. The molecule has 3 aromatic carbocycles. The molecule has 5 nitrogen and oxygen atoms in total. The molecule has 1 N–H and O–H groups in total. The Labute approximate surface area is 163 Å². The SMILES string of the molecule is CCCNC(=O)[C@H]1CN(C(=O)c2ccc3ccccc3c2)c2ccccc2O1. The normalized spacial score (nSPS) is 15.6. The molecule has 142 valence electrons. The number of hydrogen-bond donors (Lipinski definition) is 1. The zero-order valence-corrected chi connectivity index (χ0v) is 15.7. The first-order chi connectivity index (χ1) is 13.7. The van der Waals surface area contributed by atoms with Crippen LogP contribution in [0.1, 0.15) is 23.7 Å². The zero-order chi connectivity index (χ0) is 19.5. The average molecular weight is 374 g/mol. The fourth-order valence-electron chi connectivity index (χ4n) is 3.40. The second-order valence-electron chi connectivity index (χ2n) is 6.84. The molecule has 1 heterocycles. The third kappa shape index (κ3) is 3.43. The minimum atomic E-state index is -0.731. The number of amides is 2. The van der Waals surface area contributed by atoms with Gasteiger partial charge in [-0.3, -0.25) is 9.59 Å². The molecule has 28 heavy (non-hydrogen) atoms. The molecular formula is C23H22N2O3. The minimum absolute atomic E-state index is 0.144. The number of carbonyl (C=O) groups excluding carboxylic acids is 2. The quantitative estimate of drug-likeness (QED) is 0.756. The van der Waals surface area contributed by atoms with E-state index in [0.717, 1.165) is 17.2 Å². The highest BCUT2D eigenvalue weighted by atomic mass is 16.5. The van der Waals surface area contributed by atoms with Gasteiger partial charge in [0.15, 0.2) is 6.10 Å². The summed E-state index contributed by atoms with van der Waals surface area (Å²) in [7, 11) is 0. The maximum absolute atomic E-state index is 13.3. The van der Waals surface area contributed by atoms with Gasteiger partial charge in [-0.25, -0.2) is 0 Å². The highest BCUT2D eigenvalue weighted by Gasteiger charge is 2.34. The fraction of sp³-hybridized carbons (Fsp3) is 0.217. The standard InChI is InChI=1S/C23H22N2O3/c1-2-13-24-22(26)21-15-25(19-9-5-6-10-20(19)28-21)23(27)18-12-11-16-7-3-4-8-17(16)14-18/h3-12,14,21H,2,13,15H2,1H3,(H,24,26)/t21-/m1/s1. The summed E-state index contributed by atoms with van der Waals surface area (Å²) < 4.78 is 5.87. The Bertz CT molecular complexity index is 1030. The predicted octanol–water partition coefficient (Wildman–Crippen LogP) is 3.77. The van der Waals surface area contributed by atoms with Crippen molar-refractivity contribution in [2.75, 3.05) is 18.0 Å². The zero-order valence-electron chi connectivity index (χ0n) is 15.7. The van der Waals surface area contributed by atoms with Gasteiger partial charge in [0.2, 0.25) is 0 Å². The van der Waals surface area contributed by atoms with Crippen LogP contribution in [0, 0.1) is 0 Å². The van der Waals surface area contributed by atoms with Crippen molar-refractivity contribution in [2.24, 2.45) is 0 Å². The van der Waals surface area contributed by atoms with Crippen LogP contribution in [0.5, 0.6) is 5.75 Å². The third-order valence-electron chi connectivity index (χ3n) is 4.86. The van der Waals surface area contributed by atoms with Gasteiger partial charge in [0, 0.05) is 12.1 Å². The van der Waals surface area contributed by atoms with Crippen LogP contribution in [0.4, 0.5) is 5.69 Å². The lowest BCUT2D eigenvalue weighted by molar-refractivity contribution is -0.127. The topological polar surface area (TPSA) is 58.6 Å². The lowest BCUT2D eigenvalue weighted by Crippen LogP contribution is -2.50. The fourth-order valence-corrected chi connectivity index (χ4v) is 3.40. The summed E-state index contributed by atoms with van der Waals surface area (Å²) in [6.45, 7) is 2.75. The first kappa shape index (κ1) is 18.0. The summed E-state index contributed by atoms with van der Waals surface area (Å²) in [5.74, 6) is 0.196. The molecule has 0 saturated heterocycles. The summed E-state index contributed by atoms with van der Waals surface area (Å²) in [5, 5.41) is 4.94. The summed E-state index contributed by atoms with van der Waals surface area (Å²) in [6.07, 6.45) is 0.111. The van der Waals surface area contributed by atoms with E-state index >= 15 is 0 Å². The van der Waals surface area contributed by atoms with Crippen molar-refractivity contribution in [3.05, 3.63) is 72.3 Å². The lowest BCUT2D eigenvalue weighted by atomic mass is 10.1. The first-order valence-electron chi connectivity index (χ1n) is 9.51. The number of benzene rings is 3. The molecule has 1 atom stereocenters. The highest BCUT2D eigenvalue weighted by molar-refractivity contribution is 6.09. The Morgan fingerprint density at radius 3 is 2.61 bits per heavy atom.